The Morgan fingerprint density at radius 1 is 1.64 bits per heavy atom. The molecule has 1 amide bonds. The summed E-state index contributed by atoms with van der Waals surface area (Å²) in [6.45, 7) is 3.20. The van der Waals surface area contributed by atoms with Gasteiger partial charge in [0.1, 0.15) is 0 Å². The van der Waals surface area contributed by atoms with Gasteiger partial charge >= 0.3 is 0 Å². The molecule has 0 aliphatic heterocycles. The van der Waals surface area contributed by atoms with Crippen LogP contribution in [0.1, 0.15) is 26.2 Å². The van der Waals surface area contributed by atoms with Crippen molar-refractivity contribution < 1.29 is 9.90 Å². The maximum Gasteiger partial charge on any atom is 0.222 e. The number of hydrogen-bond acceptors (Lipinski definition) is 3. The Morgan fingerprint density at radius 2 is 2.29 bits per heavy atom. The quantitative estimate of drug-likeness (QED) is 0.558. The molecule has 1 atom stereocenters. The number of aliphatic hydroxyl groups is 1. The first kappa shape index (κ1) is 11.5. The Balaban J connectivity index is 2.20. The molecule has 4 heteroatoms. The smallest absolute Gasteiger partial charge is 0.222 e. The minimum atomic E-state index is -0.0190. The fourth-order valence-electron chi connectivity index (χ4n) is 1.40. The molecule has 1 saturated carbocycles. The Kier molecular flexibility index (Phi) is 3.89. The van der Waals surface area contributed by atoms with E-state index in [0.29, 0.717) is 13.1 Å². The minimum Gasteiger partial charge on any atom is -0.396 e. The lowest BCUT2D eigenvalue weighted by Gasteiger charge is -2.15. The molecule has 0 aromatic rings. The third-order valence-electron chi connectivity index (χ3n) is 2.98. The molecule has 0 heterocycles. The standard InChI is InChI=1S/C10H20N2O2/c1-8(2-5-11)9(14)12-6-10(7-13)3-4-10/h8,13H,2-7,11H2,1H3,(H,12,14). The van der Waals surface area contributed by atoms with E-state index in [9.17, 15) is 4.79 Å². The van der Waals surface area contributed by atoms with Gasteiger partial charge in [0, 0.05) is 17.9 Å². The lowest BCUT2D eigenvalue weighted by Crippen LogP contribution is -2.35. The fourth-order valence-corrected chi connectivity index (χ4v) is 1.40. The molecule has 1 aliphatic rings. The maximum absolute atomic E-state index is 11.5. The third-order valence-corrected chi connectivity index (χ3v) is 2.98. The molecule has 4 nitrogen and oxygen atoms in total. The van der Waals surface area contributed by atoms with Crippen LogP contribution in [0.15, 0.2) is 0 Å². The number of carbonyl (C=O) groups excluding carboxylic acids is 1. The van der Waals surface area contributed by atoms with E-state index in [0.717, 1.165) is 19.3 Å². The van der Waals surface area contributed by atoms with E-state index in [4.69, 9.17) is 10.8 Å². The van der Waals surface area contributed by atoms with Gasteiger partial charge in [0.2, 0.25) is 5.91 Å². The average Bonchev–Trinajstić information content (AvgIpc) is 2.95. The summed E-state index contributed by atoms with van der Waals surface area (Å²) in [6.07, 6.45) is 2.77. The largest absolute Gasteiger partial charge is 0.396 e. The summed E-state index contributed by atoms with van der Waals surface area (Å²) in [5, 5.41) is 11.9. The van der Waals surface area contributed by atoms with Crippen molar-refractivity contribution in [1.29, 1.82) is 0 Å². The number of rotatable bonds is 6. The SMILES string of the molecule is CC(CCN)C(=O)NCC1(CO)CC1. The van der Waals surface area contributed by atoms with Gasteiger partial charge in [-0.05, 0) is 25.8 Å². The lowest BCUT2D eigenvalue weighted by molar-refractivity contribution is -0.124. The molecule has 1 aliphatic carbocycles. The summed E-state index contributed by atoms with van der Waals surface area (Å²) in [5.41, 5.74) is 5.37. The normalized spacial score (nSPS) is 20.2. The molecule has 4 N–H and O–H groups in total. The van der Waals surface area contributed by atoms with Crippen molar-refractivity contribution in [3.05, 3.63) is 0 Å². The minimum absolute atomic E-state index is 0.00189. The Bertz CT molecular complexity index is 202. The molecule has 0 aromatic heterocycles. The molecular weight excluding hydrogens is 180 g/mol. The third kappa shape index (κ3) is 2.96. The molecule has 1 fully saturated rings. The van der Waals surface area contributed by atoms with E-state index < -0.39 is 0 Å². The van der Waals surface area contributed by atoms with Gasteiger partial charge in [-0.2, -0.15) is 0 Å². The van der Waals surface area contributed by atoms with Gasteiger partial charge in [-0.25, -0.2) is 0 Å². The first-order chi connectivity index (χ1) is 6.63. The monoisotopic (exact) mass is 200 g/mol. The molecule has 14 heavy (non-hydrogen) atoms. The topological polar surface area (TPSA) is 75.4 Å². The zero-order valence-corrected chi connectivity index (χ0v) is 8.75. The van der Waals surface area contributed by atoms with Gasteiger partial charge in [-0.1, -0.05) is 6.92 Å². The highest BCUT2D eigenvalue weighted by atomic mass is 16.3. The Labute approximate surface area is 84.9 Å². The molecule has 1 unspecified atom stereocenters. The first-order valence-electron chi connectivity index (χ1n) is 5.22. The second kappa shape index (κ2) is 4.75. The van der Waals surface area contributed by atoms with Crippen LogP contribution in [0.3, 0.4) is 0 Å². The van der Waals surface area contributed by atoms with Crippen molar-refractivity contribution in [3.63, 3.8) is 0 Å². The summed E-state index contributed by atoms with van der Waals surface area (Å²) >= 11 is 0. The summed E-state index contributed by atoms with van der Waals surface area (Å²) in [5.74, 6) is 0.0321. The second-order valence-corrected chi connectivity index (χ2v) is 4.35. The van der Waals surface area contributed by atoms with Crippen LogP contribution in [-0.2, 0) is 4.79 Å². The number of hydrogen-bond donors (Lipinski definition) is 3. The second-order valence-electron chi connectivity index (χ2n) is 4.35. The molecule has 0 spiro atoms. The van der Waals surface area contributed by atoms with Crippen molar-refractivity contribution in [3.8, 4) is 0 Å². The molecular formula is C10H20N2O2. The van der Waals surface area contributed by atoms with Crippen LogP contribution in [-0.4, -0.2) is 30.7 Å². The van der Waals surface area contributed by atoms with Crippen LogP contribution >= 0.6 is 0 Å². The highest BCUT2D eigenvalue weighted by Crippen LogP contribution is 2.44. The fraction of sp³-hybridized carbons (Fsp3) is 0.900. The highest BCUT2D eigenvalue weighted by Gasteiger charge is 2.42. The Morgan fingerprint density at radius 3 is 2.71 bits per heavy atom. The van der Waals surface area contributed by atoms with Crippen molar-refractivity contribution in [2.24, 2.45) is 17.1 Å². The number of nitrogens with two attached hydrogens (primary N) is 1. The van der Waals surface area contributed by atoms with Gasteiger partial charge in [-0.3, -0.25) is 4.79 Å². The molecule has 0 aromatic carbocycles. The van der Waals surface area contributed by atoms with Crippen LogP contribution in [0, 0.1) is 11.3 Å². The van der Waals surface area contributed by atoms with Gasteiger partial charge in [-0.15, -0.1) is 0 Å². The van der Waals surface area contributed by atoms with Crippen LogP contribution in [0.25, 0.3) is 0 Å². The van der Waals surface area contributed by atoms with Crippen molar-refractivity contribution in [2.75, 3.05) is 19.7 Å². The number of aliphatic hydroxyl groups excluding tert-OH is 1. The van der Waals surface area contributed by atoms with Crippen molar-refractivity contribution in [2.45, 2.75) is 26.2 Å². The van der Waals surface area contributed by atoms with Crippen LogP contribution in [0.4, 0.5) is 0 Å². The van der Waals surface area contributed by atoms with Gasteiger partial charge in [0.15, 0.2) is 0 Å². The summed E-state index contributed by atoms with van der Waals surface area (Å²) in [6, 6.07) is 0. The van der Waals surface area contributed by atoms with Gasteiger partial charge in [0.05, 0.1) is 6.61 Å². The van der Waals surface area contributed by atoms with E-state index in [1.165, 1.54) is 0 Å². The zero-order chi connectivity index (χ0) is 10.6. The summed E-state index contributed by atoms with van der Waals surface area (Å²) < 4.78 is 0. The maximum atomic E-state index is 11.5. The van der Waals surface area contributed by atoms with Crippen molar-refractivity contribution in [1.82, 2.24) is 5.32 Å². The molecule has 0 radical (unpaired) electrons. The van der Waals surface area contributed by atoms with Gasteiger partial charge < -0.3 is 16.2 Å². The van der Waals surface area contributed by atoms with E-state index in [1.54, 1.807) is 0 Å². The van der Waals surface area contributed by atoms with Crippen LogP contribution < -0.4 is 11.1 Å². The average molecular weight is 200 g/mol. The van der Waals surface area contributed by atoms with Crippen molar-refractivity contribution >= 4 is 5.91 Å². The van der Waals surface area contributed by atoms with Crippen LogP contribution in [0.5, 0.6) is 0 Å². The van der Waals surface area contributed by atoms with E-state index >= 15 is 0 Å². The molecule has 1 rings (SSSR count). The highest BCUT2D eigenvalue weighted by molar-refractivity contribution is 5.78. The summed E-state index contributed by atoms with van der Waals surface area (Å²) in [4.78, 5) is 11.5. The first-order valence-corrected chi connectivity index (χ1v) is 5.22. The number of amides is 1. The zero-order valence-electron chi connectivity index (χ0n) is 8.75. The van der Waals surface area contributed by atoms with E-state index in [1.807, 2.05) is 6.92 Å². The molecule has 82 valence electrons. The molecule has 0 saturated heterocycles. The Hall–Kier alpha value is -0.610. The van der Waals surface area contributed by atoms with E-state index in [-0.39, 0.29) is 23.8 Å². The van der Waals surface area contributed by atoms with E-state index in [2.05, 4.69) is 5.32 Å². The van der Waals surface area contributed by atoms with Gasteiger partial charge in [0.25, 0.3) is 0 Å². The number of nitrogens with one attached hydrogen (secondary N) is 1. The van der Waals surface area contributed by atoms with Crippen LogP contribution in [0.2, 0.25) is 0 Å². The number of carbonyl (C=O) groups is 1. The lowest BCUT2D eigenvalue weighted by atomic mass is 10.1. The predicted octanol–water partition coefficient (Wildman–Crippen LogP) is -0.140. The predicted molar refractivity (Wildman–Crippen MR) is 54.6 cm³/mol. The molecule has 0 bridgehead atoms. The summed E-state index contributed by atoms with van der Waals surface area (Å²) in [7, 11) is 0.